The van der Waals surface area contributed by atoms with Gasteiger partial charge in [-0.1, -0.05) is 24.3 Å². The molecule has 1 aliphatic rings. The Morgan fingerprint density at radius 3 is 2.71 bits per heavy atom. The first kappa shape index (κ1) is 24.2. The molecule has 2 atom stereocenters. The normalized spacial score (nSPS) is 20.5. The van der Waals surface area contributed by atoms with Crippen molar-refractivity contribution in [2.24, 2.45) is 5.92 Å². The van der Waals surface area contributed by atoms with Crippen LogP contribution in [0.5, 0.6) is 5.88 Å². The van der Waals surface area contributed by atoms with Crippen LogP contribution in [-0.4, -0.2) is 46.0 Å². The zero-order chi connectivity index (χ0) is 24.1. The molecular formula is C26H29F2N3O3. The van der Waals surface area contributed by atoms with Gasteiger partial charge < -0.3 is 20.3 Å². The second-order valence-corrected chi connectivity index (χ2v) is 8.65. The zero-order valence-corrected chi connectivity index (χ0v) is 19.0. The molecule has 8 heteroatoms. The smallest absolute Gasteiger partial charge is 0.232 e. The number of hydrogen-bond donors (Lipinski definition) is 3. The van der Waals surface area contributed by atoms with Gasteiger partial charge in [0.2, 0.25) is 5.88 Å². The number of halogens is 2. The van der Waals surface area contributed by atoms with Crippen molar-refractivity contribution in [1.29, 1.82) is 0 Å². The van der Waals surface area contributed by atoms with E-state index in [0.29, 0.717) is 29.0 Å². The van der Waals surface area contributed by atoms with Crippen LogP contribution in [-0.2, 0) is 0 Å². The van der Waals surface area contributed by atoms with Gasteiger partial charge in [0.25, 0.3) is 0 Å². The van der Waals surface area contributed by atoms with E-state index in [2.05, 4.69) is 15.3 Å². The molecule has 1 aliphatic carbocycles. The highest BCUT2D eigenvalue weighted by Crippen LogP contribution is 2.34. The van der Waals surface area contributed by atoms with Gasteiger partial charge in [0.1, 0.15) is 17.7 Å². The number of aliphatic hydroxyl groups is 2. The Hall–Kier alpha value is -2.94. The topological polar surface area (TPSA) is 87.5 Å². The van der Waals surface area contributed by atoms with E-state index in [9.17, 15) is 19.0 Å². The first-order valence-corrected chi connectivity index (χ1v) is 11.5. The highest BCUT2D eigenvalue weighted by Gasteiger charge is 2.32. The summed E-state index contributed by atoms with van der Waals surface area (Å²) in [7, 11) is 1.51. The van der Waals surface area contributed by atoms with Crippen molar-refractivity contribution >= 4 is 17.1 Å². The van der Waals surface area contributed by atoms with Crippen molar-refractivity contribution in [2.75, 3.05) is 13.7 Å². The maximum absolute atomic E-state index is 13.7. The fraction of sp³-hybridized carbons (Fsp3) is 0.385. The zero-order valence-electron chi connectivity index (χ0n) is 19.0. The average Bonchev–Trinajstić information content (AvgIpc) is 2.87. The predicted octanol–water partition coefficient (Wildman–Crippen LogP) is 4.17. The molecule has 34 heavy (non-hydrogen) atoms. The first-order valence-electron chi connectivity index (χ1n) is 11.5. The predicted molar refractivity (Wildman–Crippen MR) is 126 cm³/mol. The van der Waals surface area contributed by atoms with Gasteiger partial charge in [0.05, 0.1) is 30.4 Å². The molecule has 0 radical (unpaired) electrons. The summed E-state index contributed by atoms with van der Waals surface area (Å²) in [5.74, 6) is -0.620. The van der Waals surface area contributed by atoms with Gasteiger partial charge in [0.15, 0.2) is 0 Å². The van der Waals surface area contributed by atoms with Crippen molar-refractivity contribution in [3.63, 3.8) is 0 Å². The molecule has 1 saturated carbocycles. The first-order chi connectivity index (χ1) is 16.5. The molecule has 3 aromatic rings. The Morgan fingerprint density at radius 1 is 1.15 bits per heavy atom. The van der Waals surface area contributed by atoms with Crippen molar-refractivity contribution < 1.29 is 23.7 Å². The standard InChI is InChI=1S/C26H29F2N3O3/c1-34-23-15-30-22-6-2-5-20(24(22)31-23)26(33)25(32)16-7-10-19(11-8-16)29-13-3-4-17-14-18(27)9-12-21(17)28/h2-6,9,12,14-16,19,25-26,29,32-33H,7-8,10-11,13H2,1H3/t16?,19?,25-,26-/m1/s1. The minimum absolute atomic E-state index is 0.0428. The van der Waals surface area contributed by atoms with E-state index < -0.39 is 23.8 Å². The summed E-state index contributed by atoms with van der Waals surface area (Å²) in [5.41, 5.74) is 1.90. The lowest BCUT2D eigenvalue weighted by molar-refractivity contribution is -0.0300. The molecule has 3 N–H and O–H groups in total. The van der Waals surface area contributed by atoms with Crippen LogP contribution in [0.4, 0.5) is 8.78 Å². The number of rotatable bonds is 8. The largest absolute Gasteiger partial charge is 0.480 e. The molecule has 0 spiro atoms. The summed E-state index contributed by atoms with van der Waals surface area (Å²) in [6.07, 6.45) is 6.08. The third-order valence-corrected chi connectivity index (χ3v) is 6.47. The molecule has 1 aromatic heterocycles. The quantitative estimate of drug-likeness (QED) is 0.459. The molecular weight excluding hydrogens is 440 g/mol. The van der Waals surface area contributed by atoms with Crippen LogP contribution in [0.2, 0.25) is 0 Å². The summed E-state index contributed by atoms with van der Waals surface area (Å²) < 4.78 is 32.1. The van der Waals surface area contributed by atoms with E-state index in [1.807, 2.05) is 0 Å². The highest BCUT2D eigenvalue weighted by molar-refractivity contribution is 5.78. The number of aliphatic hydroxyl groups excluding tert-OH is 2. The number of ether oxygens (including phenoxy) is 1. The molecule has 2 aromatic carbocycles. The van der Waals surface area contributed by atoms with Crippen molar-refractivity contribution in [3.05, 3.63) is 71.4 Å². The lowest BCUT2D eigenvalue weighted by Gasteiger charge is -2.34. The van der Waals surface area contributed by atoms with E-state index in [-0.39, 0.29) is 17.5 Å². The highest BCUT2D eigenvalue weighted by atomic mass is 19.1. The number of hydrogen-bond acceptors (Lipinski definition) is 6. The summed E-state index contributed by atoms with van der Waals surface area (Å²) >= 11 is 0. The molecule has 0 amide bonds. The number of fused-ring (bicyclic) bond motifs is 1. The minimum Gasteiger partial charge on any atom is -0.480 e. The SMILES string of the molecule is COc1cnc2cccc([C@@H](O)[C@H](O)C3CCC(NCC=Cc4cc(F)ccc4F)CC3)c2n1. The summed E-state index contributed by atoms with van der Waals surface area (Å²) in [6.45, 7) is 0.535. The molecule has 1 fully saturated rings. The fourth-order valence-corrected chi connectivity index (χ4v) is 4.55. The van der Waals surface area contributed by atoms with E-state index >= 15 is 0 Å². The maximum Gasteiger partial charge on any atom is 0.232 e. The van der Waals surface area contributed by atoms with Gasteiger partial charge >= 0.3 is 0 Å². The van der Waals surface area contributed by atoms with E-state index in [1.165, 1.54) is 19.4 Å². The van der Waals surface area contributed by atoms with Crippen molar-refractivity contribution in [3.8, 4) is 5.88 Å². The third-order valence-electron chi connectivity index (χ3n) is 6.47. The Morgan fingerprint density at radius 2 is 1.94 bits per heavy atom. The van der Waals surface area contributed by atoms with E-state index in [1.54, 1.807) is 30.4 Å². The van der Waals surface area contributed by atoms with Gasteiger partial charge in [-0.25, -0.2) is 18.7 Å². The van der Waals surface area contributed by atoms with E-state index in [4.69, 9.17) is 4.74 Å². The summed E-state index contributed by atoms with van der Waals surface area (Å²) in [4.78, 5) is 8.72. The second kappa shape index (κ2) is 11.0. The number of para-hydroxylation sites is 1. The number of methoxy groups -OCH3 is 1. The van der Waals surface area contributed by atoms with Crippen LogP contribution in [0.1, 0.15) is 42.9 Å². The van der Waals surface area contributed by atoms with Gasteiger partial charge in [-0.15, -0.1) is 0 Å². The van der Waals surface area contributed by atoms with Crippen LogP contribution in [0.3, 0.4) is 0 Å². The molecule has 1 heterocycles. The summed E-state index contributed by atoms with van der Waals surface area (Å²) in [6, 6.07) is 8.99. The van der Waals surface area contributed by atoms with Gasteiger partial charge in [-0.3, -0.25) is 0 Å². The molecule has 4 rings (SSSR count). The van der Waals surface area contributed by atoms with Gasteiger partial charge in [0, 0.05) is 23.7 Å². The monoisotopic (exact) mass is 469 g/mol. The molecule has 0 aliphatic heterocycles. The molecule has 6 nitrogen and oxygen atoms in total. The number of benzene rings is 2. The third kappa shape index (κ3) is 5.58. The van der Waals surface area contributed by atoms with Crippen molar-refractivity contribution in [1.82, 2.24) is 15.3 Å². The molecule has 0 saturated heterocycles. The molecule has 0 bridgehead atoms. The van der Waals surface area contributed by atoms with Crippen LogP contribution in [0, 0.1) is 17.6 Å². The Kier molecular flexibility index (Phi) is 7.82. The maximum atomic E-state index is 13.7. The lowest BCUT2D eigenvalue weighted by Crippen LogP contribution is -2.37. The molecule has 180 valence electrons. The van der Waals surface area contributed by atoms with Crippen molar-refractivity contribution in [2.45, 2.75) is 43.9 Å². The summed E-state index contributed by atoms with van der Waals surface area (Å²) in [5, 5.41) is 25.3. The Bertz CT molecular complexity index is 1150. The Labute approximate surface area is 197 Å². The van der Waals surface area contributed by atoms with Gasteiger partial charge in [-0.05, 0) is 55.9 Å². The Balaban J connectivity index is 1.31. The van der Waals surface area contributed by atoms with Crippen LogP contribution < -0.4 is 10.1 Å². The average molecular weight is 470 g/mol. The lowest BCUT2D eigenvalue weighted by atomic mass is 9.80. The van der Waals surface area contributed by atoms with Crippen LogP contribution in [0.15, 0.2) is 48.7 Å². The fourth-order valence-electron chi connectivity index (χ4n) is 4.55. The molecule has 0 unspecified atom stereocenters. The number of nitrogens with zero attached hydrogens (tertiary/aromatic N) is 2. The second-order valence-electron chi connectivity index (χ2n) is 8.65. The minimum atomic E-state index is -1.08. The number of aromatic nitrogens is 2. The van der Waals surface area contributed by atoms with Crippen LogP contribution >= 0.6 is 0 Å². The van der Waals surface area contributed by atoms with Gasteiger partial charge in [-0.2, -0.15) is 0 Å². The van der Waals surface area contributed by atoms with Crippen LogP contribution in [0.25, 0.3) is 17.1 Å². The van der Waals surface area contributed by atoms with E-state index in [0.717, 1.165) is 37.8 Å². The number of nitrogens with one attached hydrogen (secondary N) is 1.